The largest absolute Gasteiger partial charge is 0.442 e. The number of nitrogens with two attached hydrogens (primary N) is 1. The van der Waals surface area contributed by atoms with Crippen LogP contribution < -0.4 is 11.1 Å². The quantitative estimate of drug-likeness (QED) is 0.259. The molecule has 0 unspecified atom stereocenters. The molecule has 0 bridgehead atoms. The van der Waals surface area contributed by atoms with Crippen LogP contribution in [0.25, 0.3) is 11.1 Å². The van der Waals surface area contributed by atoms with Crippen molar-refractivity contribution in [3.05, 3.63) is 59.2 Å². The number of hydrogen-bond donors (Lipinski definition) is 2. The van der Waals surface area contributed by atoms with Crippen LogP contribution in [0, 0.1) is 22.5 Å². The molecular weight excluding hydrogens is 474 g/mol. The van der Waals surface area contributed by atoms with Gasteiger partial charge in [-0.15, -0.1) is 0 Å². The number of carbonyl (C=O) groups is 1. The predicted octanol–water partition coefficient (Wildman–Crippen LogP) is 5.97. The normalized spacial score (nSPS) is 16.8. The lowest BCUT2D eigenvalue weighted by Gasteiger charge is -2.34. The van der Waals surface area contributed by atoms with Crippen LogP contribution in [0.1, 0.15) is 71.4 Å². The van der Waals surface area contributed by atoms with E-state index in [9.17, 15) is 9.18 Å². The molecule has 0 heterocycles. The first kappa shape index (κ1) is 28.4. The molecule has 2 aromatic rings. The maximum Gasteiger partial charge on any atom is 0.313 e. The molecule has 0 radical (unpaired) electrons. The number of hydrogen-bond acceptors (Lipinski definition) is 4. The zero-order valence-electron chi connectivity index (χ0n) is 22.4. The van der Waals surface area contributed by atoms with Crippen LogP contribution in [0.2, 0.25) is 0 Å². The summed E-state index contributed by atoms with van der Waals surface area (Å²) in [6.45, 7) is 9.75. The minimum Gasteiger partial charge on any atom is -0.442 e. The van der Waals surface area contributed by atoms with Crippen molar-refractivity contribution in [1.82, 2.24) is 5.32 Å². The molecule has 1 fully saturated rings. The van der Waals surface area contributed by atoms with Gasteiger partial charge in [0.15, 0.2) is 6.73 Å². The van der Waals surface area contributed by atoms with Crippen LogP contribution in [0.4, 0.5) is 8.78 Å². The van der Waals surface area contributed by atoms with Gasteiger partial charge in [0.05, 0.1) is 5.41 Å². The van der Waals surface area contributed by atoms with E-state index in [2.05, 4.69) is 29.1 Å². The number of amidine groups is 1. The third-order valence-corrected chi connectivity index (χ3v) is 6.72. The van der Waals surface area contributed by atoms with Crippen molar-refractivity contribution in [3.8, 4) is 11.1 Å². The Morgan fingerprint density at radius 3 is 2.57 bits per heavy atom. The van der Waals surface area contributed by atoms with E-state index in [-0.39, 0.29) is 36.7 Å². The molecule has 0 saturated heterocycles. The minimum atomic E-state index is -0.614. The molecule has 37 heavy (non-hydrogen) atoms. The fourth-order valence-corrected chi connectivity index (χ4v) is 4.20. The maximum atomic E-state index is 15.5. The Hall–Kier alpha value is -3.13. The molecule has 1 saturated carbocycles. The Labute approximate surface area is 218 Å². The van der Waals surface area contributed by atoms with Gasteiger partial charge in [0.25, 0.3) is 0 Å². The molecule has 0 amide bonds. The number of benzene rings is 2. The SMILES string of the molecule is CC1(C)CCC(NCc2c(F)ccc(-c3cccc(C(N)=N/C=N/COC(=O)C(C)(C)C)c3)c2F)CC1. The van der Waals surface area contributed by atoms with Crippen molar-refractivity contribution in [2.45, 2.75) is 72.9 Å². The monoisotopic (exact) mass is 512 g/mol. The summed E-state index contributed by atoms with van der Waals surface area (Å²) in [6, 6.07) is 9.92. The second-order valence-corrected chi connectivity index (χ2v) is 11.4. The Bertz CT molecular complexity index is 1160. The molecule has 2 aromatic carbocycles. The van der Waals surface area contributed by atoms with Gasteiger partial charge in [0, 0.05) is 29.3 Å². The van der Waals surface area contributed by atoms with Crippen molar-refractivity contribution in [3.63, 3.8) is 0 Å². The van der Waals surface area contributed by atoms with Crippen LogP contribution in [0.15, 0.2) is 46.4 Å². The van der Waals surface area contributed by atoms with Crippen molar-refractivity contribution in [2.75, 3.05) is 6.73 Å². The summed E-state index contributed by atoms with van der Waals surface area (Å²) in [5.74, 6) is -1.35. The lowest BCUT2D eigenvalue weighted by molar-refractivity contribution is -0.152. The van der Waals surface area contributed by atoms with Crippen LogP contribution in [0.5, 0.6) is 0 Å². The molecule has 3 rings (SSSR count). The molecule has 8 heteroatoms. The first-order valence-electron chi connectivity index (χ1n) is 12.7. The van der Waals surface area contributed by atoms with Crippen LogP contribution in [-0.2, 0) is 16.1 Å². The smallest absolute Gasteiger partial charge is 0.313 e. The summed E-state index contributed by atoms with van der Waals surface area (Å²) in [5.41, 5.74) is 7.24. The molecule has 3 N–H and O–H groups in total. The molecule has 0 spiro atoms. The summed E-state index contributed by atoms with van der Waals surface area (Å²) in [7, 11) is 0. The highest BCUT2D eigenvalue weighted by Gasteiger charge is 2.27. The first-order chi connectivity index (χ1) is 17.4. The molecule has 0 atom stereocenters. The van der Waals surface area contributed by atoms with Crippen molar-refractivity contribution >= 4 is 18.1 Å². The molecule has 200 valence electrons. The van der Waals surface area contributed by atoms with Gasteiger partial charge < -0.3 is 15.8 Å². The third kappa shape index (κ3) is 7.92. The average Bonchev–Trinajstić information content (AvgIpc) is 2.84. The second-order valence-electron chi connectivity index (χ2n) is 11.4. The highest BCUT2D eigenvalue weighted by molar-refractivity contribution is 6.02. The number of ether oxygens (including phenoxy) is 1. The highest BCUT2D eigenvalue weighted by Crippen LogP contribution is 2.35. The van der Waals surface area contributed by atoms with Gasteiger partial charge in [-0.25, -0.2) is 18.8 Å². The van der Waals surface area contributed by atoms with Crippen LogP contribution in [-0.4, -0.2) is 30.9 Å². The zero-order chi connectivity index (χ0) is 27.2. The fourth-order valence-electron chi connectivity index (χ4n) is 4.20. The Morgan fingerprint density at radius 1 is 1.19 bits per heavy atom. The topological polar surface area (TPSA) is 89.1 Å². The number of nitrogens with zero attached hydrogens (tertiary/aromatic N) is 2. The number of nitrogens with one attached hydrogen (secondary N) is 1. The van der Waals surface area contributed by atoms with E-state index in [0.717, 1.165) is 25.7 Å². The molecule has 6 nitrogen and oxygen atoms in total. The highest BCUT2D eigenvalue weighted by atomic mass is 19.1. The Kier molecular flexibility index (Phi) is 9.18. The number of aliphatic imine (C=N–C) groups is 2. The zero-order valence-corrected chi connectivity index (χ0v) is 22.4. The third-order valence-electron chi connectivity index (χ3n) is 6.72. The first-order valence-corrected chi connectivity index (χ1v) is 12.7. The van der Waals surface area contributed by atoms with E-state index >= 15 is 4.39 Å². The number of rotatable bonds is 8. The van der Waals surface area contributed by atoms with E-state index in [1.807, 2.05) is 0 Å². The summed E-state index contributed by atoms with van der Waals surface area (Å²) in [4.78, 5) is 19.8. The lowest BCUT2D eigenvalue weighted by Crippen LogP contribution is -2.35. The molecule has 1 aliphatic carbocycles. The summed E-state index contributed by atoms with van der Waals surface area (Å²) in [6.07, 6.45) is 5.40. The van der Waals surface area contributed by atoms with Gasteiger partial charge in [0.2, 0.25) is 0 Å². The predicted molar refractivity (Wildman–Crippen MR) is 144 cm³/mol. The van der Waals surface area contributed by atoms with E-state index < -0.39 is 17.0 Å². The summed E-state index contributed by atoms with van der Waals surface area (Å²) >= 11 is 0. The van der Waals surface area contributed by atoms with E-state index in [4.69, 9.17) is 10.5 Å². The minimum absolute atomic E-state index is 0.0336. The van der Waals surface area contributed by atoms with Gasteiger partial charge in [-0.1, -0.05) is 32.0 Å². The standard InChI is InChI=1S/C29H38F2N4O2/c1-28(2,3)27(36)37-18-33-17-35-26(32)20-8-6-7-19(15-20)22-9-10-24(30)23(25(22)31)16-34-21-11-13-29(4,5)14-12-21/h6-10,15,17,21,34H,11-14,16,18H2,1-5H3,(H2,32,33,35). The van der Waals surface area contributed by atoms with Gasteiger partial charge in [-0.05, 0) is 75.6 Å². The average molecular weight is 513 g/mol. The van der Waals surface area contributed by atoms with Crippen LogP contribution in [0.3, 0.4) is 0 Å². The lowest BCUT2D eigenvalue weighted by atomic mass is 9.75. The van der Waals surface area contributed by atoms with E-state index in [0.29, 0.717) is 22.1 Å². The molecule has 0 aromatic heterocycles. The summed E-state index contributed by atoms with van der Waals surface area (Å²) in [5, 5.41) is 3.35. The van der Waals surface area contributed by atoms with E-state index in [1.54, 1.807) is 45.0 Å². The van der Waals surface area contributed by atoms with Crippen molar-refractivity contribution < 1.29 is 18.3 Å². The van der Waals surface area contributed by atoms with E-state index in [1.165, 1.54) is 18.5 Å². The van der Waals surface area contributed by atoms with Crippen LogP contribution >= 0.6 is 0 Å². The molecule has 0 aliphatic heterocycles. The van der Waals surface area contributed by atoms with Gasteiger partial charge in [0.1, 0.15) is 23.8 Å². The molecule has 1 aliphatic rings. The number of esters is 1. The fraction of sp³-hybridized carbons (Fsp3) is 0.483. The van der Waals surface area contributed by atoms with Crippen molar-refractivity contribution in [1.29, 1.82) is 0 Å². The van der Waals surface area contributed by atoms with Gasteiger partial charge in [-0.2, -0.15) is 0 Å². The Balaban J connectivity index is 1.69. The van der Waals surface area contributed by atoms with Gasteiger partial charge >= 0.3 is 5.97 Å². The Morgan fingerprint density at radius 2 is 1.89 bits per heavy atom. The molecular formula is C29H38F2N4O2. The van der Waals surface area contributed by atoms with Gasteiger partial charge in [-0.3, -0.25) is 4.79 Å². The second kappa shape index (κ2) is 11.9. The summed E-state index contributed by atoms with van der Waals surface area (Å²) < 4.78 is 35.1. The van der Waals surface area contributed by atoms with Crippen molar-refractivity contribution in [2.24, 2.45) is 26.5 Å². The number of carbonyl (C=O) groups excluding carboxylic acids is 1. The number of halogens is 2. The maximum absolute atomic E-state index is 15.5.